The molecule has 0 fully saturated rings. The molecular weight excluding hydrogens is 274 g/mol. The standard InChI is InChI=1S/C19H32NO2/c1-6-16(4)18(17-12-10-9-11-13-17)19(21)22-15-14-20(5,7-2)8-3/h9-13,16,18H,6-8,14-15H2,1-5H3/q+1/t16-,18+/m0/s1. The van der Waals surface area contributed by atoms with E-state index in [0.717, 1.165) is 36.1 Å². The minimum Gasteiger partial charge on any atom is -0.459 e. The molecule has 22 heavy (non-hydrogen) atoms. The Balaban J connectivity index is 2.70. The van der Waals surface area contributed by atoms with Gasteiger partial charge in [0.1, 0.15) is 13.2 Å². The second-order valence-corrected chi connectivity index (χ2v) is 6.42. The molecule has 0 radical (unpaired) electrons. The zero-order chi connectivity index (χ0) is 16.6. The molecule has 0 unspecified atom stereocenters. The van der Waals surface area contributed by atoms with Crippen LogP contribution < -0.4 is 0 Å². The molecule has 3 heteroatoms. The van der Waals surface area contributed by atoms with Crippen molar-refractivity contribution in [2.45, 2.75) is 40.0 Å². The van der Waals surface area contributed by atoms with Gasteiger partial charge in [-0.25, -0.2) is 0 Å². The van der Waals surface area contributed by atoms with Crippen molar-refractivity contribution < 1.29 is 14.0 Å². The average molecular weight is 306 g/mol. The Morgan fingerprint density at radius 2 is 1.73 bits per heavy atom. The number of hydrogen-bond donors (Lipinski definition) is 0. The number of quaternary nitrogens is 1. The van der Waals surface area contributed by atoms with Gasteiger partial charge in [-0.15, -0.1) is 0 Å². The number of carbonyl (C=O) groups excluding carboxylic acids is 1. The highest BCUT2D eigenvalue weighted by Crippen LogP contribution is 2.28. The van der Waals surface area contributed by atoms with E-state index in [0.29, 0.717) is 6.61 Å². The summed E-state index contributed by atoms with van der Waals surface area (Å²) in [6, 6.07) is 10.0. The summed E-state index contributed by atoms with van der Waals surface area (Å²) < 4.78 is 6.56. The molecule has 0 aromatic heterocycles. The third kappa shape index (κ3) is 5.13. The van der Waals surface area contributed by atoms with Gasteiger partial charge in [0.05, 0.1) is 26.1 Å². The first kappa shape index (κ1) is 18.7. The molecule has 3 nitrogen and oxygen atoms in total. The second-order valence-electron chi connectivity index (χ2n) is 6.42. The van der Waals surface area contributed by atoms with Crippen LogP contribution in [0.5, 0.6) is 0 Å². The quantitative estimate of drug-likeness (QED) is 0.512. The first-order valence-electron chi connectivity index (χ1n) is 8.52. The smallest absolute Gasteiger partial charge is 0.313 e. The molecule has 0 aliphatic carbocycles. The summed E-state index contributed by atoms with van der Waals surface area (Å²) >= 11 is 0. The molecule has 0 N–H and O–H groups in total. The zero-order valence-electron chi connectivity index (χ0n) is 14.8. The van der Waals surface area contributed by atoms with Gasteiger partial charge in [0.15, 0.2) is 0 Å². The fraction of sp³-hybridized carbons (Fsp3) is 0.632. The van der Waals surface area contributed by atoms with Crippen LogP contribution in [0.3, 0.4) is 0 Å². The average Bonchev–Trinajstić information content (AvgIpc) is 2.55. The largest absolute Gasteiger partial charge is 0.459 e. The Kier molecular flexibility index (Phi) is 7.60. The lowest BCUT2D eigenvalue weighted by Gasteiger charge is -2.32. The van der Waals surface area contributed by atoms with E-state index in [1.54, 1.807) is 0 Å². The second kappa shape index (κ2) is 8.94. The Bertz CT molecular complexity index is 440. The van der Waals surface area contributed by atoms with Gasteiger partial charge >= 0.3 is 5.97 Å². The van der Waals surface area contributed by atoms with Crippen molar-refractivity contribution in [3.05, 3.63) is 35.9 Å². The van der Waals surface area contributed by atoms with Crippen molar-refractivity contribution in [1.29, 1.82) is 0 Å². The summed E-state index contributed by atoms with van der Waals surface area (Å²) in [6.07, 6.45) is 0.965. The molecule has 0 spiro atoms. The van der Waals surface area contributed by atoms with E-state index in [2.05, 4.69) is 34.7 Å². The van der Waals surface area contributed by atoms with Crippen molar-refractivity contribution in [3.63, 3.8) is 0 Å². The highest BCUT2D eigenvalue weighted by molar-refractivity contribution is 5.78. The summed E-state index contributed by atoms with van der Waals surface area (Å²) in [5, 5.41) is 0. The topological polar surface area (TPSA) is 26.3 Å². The van der Waals surface area contributed by atoms with E-state index in [4.69, 9.17) is 4.74 Å². The third-order valence-electron chi connectivity index (χ3n) is 5.03. The molecule has 0 aliphatic rings. The van der Waals surface area contributed by atoms with Crippen LogP contribution in [0, 0.1) is 5.92 Å². The highest BCUT2D eigenvalue weighted by atomic mass is 16.5. The zero-order valence-corrected chi connectivity index (χ0v) is 14.8. The van der Waals surface area contributed by atoms with E-state index in [1.807, 2.05) is 30.3 Å². The van der Waals surface area contributed by atoms with Crippen LogP contribution in [0.1, 0.15) is 45.6 Å². The minimum atomic E-state index is -0.159. The predicted molar refractivity (Wildman–Crippen MR) is 91.7 cm³/mol. The van der Waals surface area contributed by atoms with Gasteiger partial charge in [0.25, 0.3) is 0 Å². The summed E-state index contributed by atoms with van der Waals surface area (Å²) in [4.78, 5) is 12.6. The number of nitrogens with zero attached hydrogens (tertiary/aromatic N) is 1. The van der Waals surface area contributed by atoms with Crippen molar-refractivity contribution in [3.8, 4) is 0 Å². The van der Waals surface area contributed by atoms with Crippen molar-refractivity contribution in [1.82, 2.24) is 0 Å². The van der Waals surface area contributed by atoms with Crippen LogP contribution in [0.25, 0.3) is 0 Å². The van der Waals surface area contributed by atoms with Gasteiger partial charge in [-0.3, -0.25) is 4.79 Å². The summed E-state index contributed by atoms with van der Waals surface area (Å²) in [6.45, 7) is 12.1. The number of ether oxygens (including phenoxy) is 1. The van der Waals surface area contributed by atoms with Crippen molar-refractivity contribution >= 4 is 5.97 Å². The SMILES string of the molecule is CC[C@H](C)[C@@H](C(=O)OCC[N+](C)(CC)CC)c1ccccc1. The molecule has 0 bridgehead atoms. The van der Waals surface area contributed by atoms with E-state index >= 15 is 0 Å². The van der Waals surface area contributed by atoms with Gasteiger partial charge in [-0.1, -0.05) is 50.6 Å². The normalized spacial score (nSPS) is 14.4. The van der Waals surface area contributed by atoms with E-state index in [-0.39, 0.29) is 17.8 Å². The van der Waals surface area contributed by atoms with E-state index in [1.165, 1.54) is 0 Å². The molecule has 2 atom stereocenters. The molecule has 0 saturated carbocycles. The van der Waals surface area contributed by atoms with Crippen LogP contribution in [0.4, 0.5) is 0 Å². The molecule has 1 aromatic carbocycles. The molecule has 0 saturated heterocycles. The first-order valence-corrected chi connectivity index (χ1v) is 8.52. The van der Waals surface area contributed by atoms with Gasteiger partial charge in [0, 0.05) is 0 Å². The van der Waals surface area contributed by atoms with Crippen LogP contribution in [0.2, 0.25) is 0 Å². The van der Waals surface area contributed by atoms with Crippen LogP contribution in [0.15, 0.2) is 30.3 Å². The Morgan fingerprint density at radius 3 is 2.23 bits per heavy atom. The molecule has 1 rings (SSSR count). The summed E-state index contributed by atoms with van der Waals surface area (Å²) in [7, 11) is 2.21. The lowest BCUT2D eigenvalue weighted by Crippen LogP contribution is -2.46. The molecule has 1 aromatic rings. The Hall–Kier alpha value is -1.35. The highest BCUT2D eigenvalue weighted by Gasteiger charge is 2.28. The molecule has 124 valence electrons. The van der Waals surface area contributed by atoms with Gasteiger partial charge in [0.2, 0.25) is 0 Å². The number of likely N-dealkylation sites (N-methyl/N-ethyl adjacent to an activating group) is 1. The predicted octanol–water partition coefficient (Wildman–Crippen LogP) is 3.85. The molecule has 0 heterocycles. The molecule has 0 aliphatic heterocycles. The van der Waals surface area contributed by atoms with E-state index < -0.39 is 0 Å². The van der Waals surface area contributed by atoms with Crippen molar-refractivity contribution in [2.24, 2.45) is 5.92 Å². The van der Waals surface area contributed by atoms with Crippen molar-refractivity contribution in [2.75, 3.05) is 33.3 Å². The number of hydrogen-bond acceptors (Lipinski definition) is 2. The maximum absolute atomic E-state index is 12.6. The maximum atomic E-state index is 12.6. The number of carbonyl (C=O) groups is 1. The Labute approximate surface area is 135 Å². The third-order valence-corrected chi connectivity index (χ3v) is 5.03. The number of rotatable bonds is 9. The molecular formula is C19H32NO2+. The van der Waals surface area contributed by atoms with Gasteiger partial charge < -0.3 is 9.22 Å². The summed E-state index contributed by atoms with van der Waals surface area (Å²) in [5.74, 6) is 0.0423. The van der Waals surface area contributed by atoms with E-state index in [9.17, 15) is 4.79 Å². The lowest BCUT2D eigenvalue weighted by molar-refractivity contribution is -0.906. The minimum absolute atomic E-state index is 0.0840. The Morgan fingerprint density at radius 1 is 1.14 bits per heavy atom. The summed E-state index contributed by atoms with van der Waals surface area (Å²) in [5.41, 5.74) is 1.06. The fourth-order valence-electron chi connectivity index (χ4n) is 2.59. The van der Waals surface area contributed by atoms with Gasteiger partial charge in [-0.05, 0) is 25.3 Å². The maximum Gasteiger partial charge on any atom is 0.313 e. The van der Waals surface area contributed by atoms with Crippen LogP contribution in [-0.4, -0.2) is 43.7 Å². The first-order chi connectivity index (χ1) is 10.5. The van der Waals surface area contributed by atoms with Crippen LogP contribution >= 0.6 is 0 Å². The monoisotopic (exact) mass is 306 g/mol. The van der Waals surface area contributed by atoms with Crippen LogP contribution in [-0.2, 0) is 9.53 Å². The molecule has 0 amide bonds. The fourth-order valence-corrected chi connectivity index (χ4v) is 2.59. The lowest BCUT2D eigenvalue weighted by atomic mass is 9.86. The van der Waals surface area contributed by atoms with Gasteiger partial charge in [-0.2, -0.15) is 0 Å². The number of esters is 1. The number of benzene rings is 1.